The highest BCUT2D eigenvalue weighted by Crippen LogP contribution is 2.14. The SMILES string of the molecule is CC(C)Oc1cc(NCc2ccc(N)cc2)ncn1. The smallest absolute Gasteiger partial charge is 0.218 e. The monoisotopic (exact) mass is 258 g/mol. The molecular formula is C14H18N4O. The highest BCUT2D eigenvalue weighted by Gasteiger charge is 2.02. The lowest BCUT2D eigenvalue weighted by Gasteiger charge is -2.10. The first kappa shape index (κ1) is 13.1. The molecule has 2 rings (SSSR count). The van der Waals surface area contributed by atoms with E-state index in [1.807, 2.05) is 38.1 Å². The zero-order valence-electron chi connectivity index (χ0n) is 11.1. The summed E-state index contributed by atoms with van der Waals surface area (Å²) in [6.45, 7) is 4.60. The van der Waals surface area contributed by atoms with Crippen molar-refractivity contribution in [2.24, 2.45) is 0 Å². The second-order valence-electron chi connectivity index (χ2n) is 4.50. The van der Waals surface area contributed by atoms with Crippen molar-refractivity contribution in [3.05, 3.63) is 42.2 Å². The van der Waals surface area contributed by atoms with E-state index in [4.69, 9.17) is 10.5 Å². The minimum Gasteiger partial charge on any atom is -0.475 e. The van der Waals surface area contributed by atoms with Crippen LogP contribution in [0.2, 0.25) is 0 Å². The van der Waals surface area contributed by atoms with E-state index in [9.17, 15) is 0 Å². The first-order valence-corrected chi connectivity index (χ1v) is 6.20. The van der Waals surface area contributed by atoms with Crippen molar-refractivity contribution in [1.29, 1.82) is 0 Å². The van der Waals surface area contributed by atoms with Gasteiger partial charge in [-0.25, -0.2) is 9.97 Å². The third kappa shape index (κ3) is 4.13. The van der Waals surface area contributed by atoms with E-state index in [1.165, 1.54) is 6.33 Å². The van der Waals surface area contributed by atoms with Crippen molar-refractivity contribution in [3.8, 4) is 5.88 Å². The van der Waals surface area contributed by atoms with Crippen LogP contribution in [0.3, 0.4) is 0 Å². The molecule has 1 aromatic heterocycles. The van der Waals surface area contributed by atoms with Gasteiger partial charge in [-0.1, -0.05) is 12.1 Å². The summed E-state index contributed by atoms with van der Waals surface area (Å²) in [7, 11) is 0. The van der Waals surface area contributed by atoms with E-state index in [0.29, 0.717) is 12.4 Å². The van der Waals surface area contributed by atoms with Crippen molar-refractivity contribution in [2.45, 2.75) is 26.5 Å². The lowest BCUT2D eigenvalue weighted by Crippen LogP contribution is -2.08. The molecule has 0 saturated carbocycles. The van der Waals surface area contributed by atoms with Gasteiger partial charge in [0.15, 0.2) is 0 Å². The Morgan fingerprint density at radius 3 is 2.63 bits per heavy atom. The second-order valence-corrected chi connectivity index (χ2v) is 4.50. The summed E-state index contributed by atoms with van der Waals surface area (Å²) in [6.07, 6.45) is 1.59. The van der Waals surface area contributed by atoms with Crippen LogP contribution in [0.15, 0.2) is 36.7 Å². The number of nitrogen functional groups attached to an aromatic ring is 1. The number of nitrogens with zero attached hydrogens (tertiary/aromatic N) is 2. The van der Waals surface area contributed by atoms with Crippen LogP contribution in [0.25, 0.3) is 0 Å². The summed E-state index contributed by atoms with van der Waals surface area (Å²) in [5.41, 5.74) is 7.54. The maximum Gasteiger partial charge on any atom is 0.218 e. The molecule has 0 bridgehead atoms. The molecular weight excluding hydrogens is 240 g/mol. The van der Waals surface area contributed by atoms with Gasteiger partial charge in [-0.3, -0.25) is 0 Å². The quantitative estimate of drug-likeness (QED) is 0.806. The first-order valence-electron chi connectivity index (χ1n) is 6.20. The van der Waals surface area contributed by atoms with Gasteiger partial charge in [0.25, 0.3) is 0 Å². The molecule has 0 fully saturated rings. The predicted molar refractivity (Wildman–Crippen MR) is 76.0 cm³/mol. The Morgan fingerprint density at radius 1 is 1.21 bits per heavy atom. The fourth-order valence-electron chi connectivity index (χ4n) is 1.57. The second kappa shape index (κ2) is 6.04. The molecule has 0 atom stereocenters. The van der Waals surface area contributed by atoms with E-state index in [1.54, 1.807) is 6.07 Å². The largest absolute Gasteiger partial charge is 0.475 e. The van der Waals surface area contributed by atoms with Gasteiger partial charge in [-0.2, -0.15) is 0 Å². The maximum atomic E-state index is 5.64. The summed E-state index contributed by atoms with van der Waals surface area (Å²) >= 11 is 0. The van der Waals surface area contributed by atoms with Crippen LogP contribution in [-0.4, -0.2) is 16.1 Å². The highest BCUT2D eigenvalue weighted by molar-refractivity contribution is 5.42. The van der Waals surface area contributed by atoms with E-state index in [-0.39, 0.29) is 6.10 Å². The van der Waals surface area contributed by atoms with Crippen LogP contribution < -0.4 is 15.8 Å². The van der Waals surface area contributed by atoms with Crippen molar-refractivity contribution >= 4 is 11.5 Å². The molecule has 19 heavy (non-hydrogen) atoms. The number of hydrogen-bond acceptors (Lipinski definition) is 5. The topological polar surface area (TPSA) is 73.1 Å². The molecule has 5 heteroatoms. The summed E-state index contributed by atoms with van der Waals surface area (Å²) in [5.74, 6) is 1.31. The summed E-state index contributed by atoms with van der Waals surface area (Å²) in [6, 6.07) is 9.51. The Balaban J connectivity index is 1.97. The van der Waals surface area contributed by atoms with Gasteiger partial charge < -0.3 is 15.8 Å². The number of nitrogens with two attached hydrogens (primary N) is 1. The number of nitrogens with one attached hydrogen (secondary N) is 1. The molecule has 3 N–H and O–H groups in total. The molecule has 0 radical (unpaired) electrons. The normalized spacial score (nSPS) is 10.5. The van der Waals surface area contributed by atoms with Gasteiger partial charge in [-0.15, -0.1) is 0 Å². The molecule has 0 aliphatic heterocycles. The minimum atomic E-state index is 0.0971. The number of ether oxygens (including phenoxy) is 1. The van der Waals surface area contributed by atoms with Crippen molar-refractivity contribution in [2.75, 3.05) is 11.1 Å². The number of anilines is 2. The van der Waals surface area contributed by atoms with Gasteiger partial charge in [0.2, 0.25) is 5.88 Å². The first-order chi connectivity index (χ1) is 9.13. The predicted octanol–water partition coefficient (Wildman–Crippen LogP) is 2.46. The molecule has 1 heterocycles. The summed E-state index contributed by atoms with van der Waals surface area (Å²) in [4.78, 5) is 8.21. The van der Waals surface area contributed by atoms with Crippen molar-refractivity contribution in [1.82, 2.24) is 9.97 Å². The number of benzene rings is 1. The molecule has 0 amide bonds. The van der Waals surface area contributed by atoms with Gasteiger partial charge in [0.1, 0.15) is 12.1 Å². The zero-order valence-corrected chi connectivity index (χ0v) is 11.1. The summed E-state index contributed by atoms with van der Waals surface area (Å²) in [5, 5.41) is 3.22. The van der Waals surface area contributed by atoms with Crippen LogP contribution in [0.4, 0.5) is 11.5 Å². The van der Waals surface area contributed by atoms with Crippen molar-refractivity contribution < 1.29 is 4.74 Å². The Morgan fingerprint density at radius 2 is 1.95 bits per heavy atom. The maximum absolute atomic E-state index is 5.64. The molecule has 0 saturated heterocycles. The zero-order chi connectivity index (χ0) is 13.7. The van der Waals surface area contributed by atoms with Crippen LogP contribution in [0.5, 0.6) is 5.88 Å². The molecule has 100 valence electrons. The third-order valence-corrected chi connectivity index (χ3v) is 2.45. The molecule has 0 aliphatic rings. The molecule has 5 nitrogen and oxygen atoms in total. The Kier molecular flexibility index (Phi) is 4.18. The van der Waals surface area contributed by atoms with Crippen LogP contribution in [-0.2, 0) is 6.54 Å². The van der Waals surface area contributed by atoms with Gasteiger partial charge in [0.05, 0.1) is 6.10 Å². The van der Waals surface area contributed by atoms with Crippen LogP contribution in [0.1, 0.15) is 19.4 Å². The lowest BCUT2D eigenvalue weighted by molar-refractivity contribution is 0.232. The Hall–Kier alpha value is -2.30. The van der Waals surface area contributed by atoms with Crippen LogP contribution in [0, 0.1) is 0 Å². The van der Waals surface area contributed by atoms with Gasteiger partial charge in [-0.05, 0) is 31.5 Å². The van der Waals surface area contributed by atoms with E-state index >= 15 is 0 Å². The Labute approximate surface area is 112 Å². The average molecular weight is 258 g/mol. The molecule has 0 aliphatic carbocycles. The Bertz CT molecular complexity index is 525. The third-order valence-electron chi connectivity index (χ3n) is 2.45. The van der Waals surface area contributed by atoms with E-state index < -0.39 is 0 Å². The summed E-state index contributed by atoms with van der Waals surface area (Å²) < 4.78 is 5.51. The molecule has 0 spiro atoms. The number of hydrogen-bond donors (Lipinski definition) is 2. The number of aromatic nitrogens is 2. The van der Waals surface area contributed by atoms with Gasteiger partial charge >= 0.3 is 0 Å². The lowest BCUT2D eigenvalue weighted by atomic mass is 10.2. The average Bonchev–Trinajstić information content (AvgIpc) is 2.38. The van der Waals surface area contributed by atoms with Gasteiger partial charge in [0, 0.05) is 18.3 Å². The molecule has 1 aromatic carbocycles. The van der Waals surface area contributed by atoms with Crippen molar-refractivity contribution in [3.63, 3.8) is 0 Å². The standard InChI is InChI=1S/C14H18N4O/c1-10(2)19-14-7-13(17-9-18-14)16-8-11-3-5-12(15)6-4-11/h3-7,9-10H,8,15H2,1-2H3,(H,16,17,18). The molecule has 2 aromatic rings. The number of rotatable bonds is 5. The van der Waals surface area contributed by atoms with E-state index in [0.717, 1.165) is 17.1 Å². The minimum absolute atomic E-state index is 0.0971. The fraction of sp³-hybridized carbons (Fsp3) is 0.286. The highest BCUT2D eigenvalue weighted by atomic mass is 16.5. The fourth-order valence-corrected chi connectivity index (χ4v) is 1.57. The van der Waals surface area contributed by atoms with Crippen LogP contribution >= 0.6 is 0 Å². The molecule has 0 unspecified atom stereocenters. The van der Waals surface area contributed by atoms with E-state index in [2.05, 4.69) is 15.3 Å².